The molecule has 1 spiro atoms. The van der Waals surface area contributed by atoms with Gasteiger partial charge in [0.2, 0.25) is 0 Å². The van der Waals surface area contributed by atoms with E-state index in [0.29, 0.717) is 11.5 Å². The van der Waals surface area contributed by atoms with Crippen LogP contribution < -0.4 is 5.32 Å². The molecule has 1 unspecified atom stereocenters. The van der Waals surface area contributed by atoms with Gasteiger partial charge >= 0.3 is 0 Å². The zero-order valence-corrected chi connectivity index (χ0v) is 14.5. The summed E-state index contributed by atoms with van der Waals surface area (Å²) in [6.45, 7) is 6.85. The second-order valence-electron chi connectivity index (χ2n) is 7.29. The summed E-state index contributed by atoms with van der Waals surface area (Å²) in [6.07, 6.45) is 7.59. The van der Waals surface area contributed by atoms with Gasteiger partial charge in [-0.05, 0) is 73.1 Å². The molecule has 1 aliphatic heterocycles. The second-order valence-corrected chi connectivity index (χ2v) is 7.29. The van der Waals surface area contributed by atoms with Gasteiger partial charge in [0, 0.05) is 25.0 Å². The number of piperidine rings is 1. The Morgan fingerprint density at radius 1 is 1.12 bits per heavy atom. The quantitative estimate of drug-likeness (QED) is 0.931. The lowest BCUT2D eigenvalue weighted by molar-refractivity contribution is 0.158. The number of benzene rings is 1. The van der Waals surface area contributed by atoms with Crippen molar-refractivity contribution in [2.24, 2.45) is 0 Å². The van der Waals surface area contributed by atoms with E-state index >= 15 is 0 Å². The molecule has 0 saturated carbocycles. The summed E-state index contributed by atoms with van der Waals surface area (Å²) >= 11 is 0. The molecule has 0 radical (unpaired) electrons. The third kappa shape index (κ3) is 2.87. The summed E-state index contributed by atoms with van der Waals surface area (Å²) in [5.41, 5.74) is 4.83. The van der Waals surface area contributed by atoms with Crippen LogP contribution in [0.15, 0.2) is 48.8 Å². The molecule has 24 heavy (non-hydrogen) atoms. The first-order valence-electron chi connectivity index (χ1n) is 9.25. The van der Waals surface area contributed by atoms with Gasteiger partial charge in [0.1, 0.15) is 0 Å². The molecule has 126 valence electrons. The lowest BCUT2D eigenvalue weighted by Crippen LogP contribution is -2.41. The number of nitrogens with one attached hydrogen (secondary N) is 1. The van der Waals surface area contributed by atoms with Gasteiger partial charge in [-0.15, -0.1) is 0 Å². The Hall–Kier alpha value is -1.71. The van der Waals surface area contributed by atoms with Crippen LogP contribution in [0.1, 0.15) is 48.9 Å². The smallest absolute Gasteiger partial charge is 0.0334 e. The fourth-order valence-corrected chi connectivity index (χ4v) is 4.59. The van der Waals surface area contributed by atoms with Crippen molar-refractivity contribution in [2.75, 3.05) is 19.6 Å². The number of hydrogen-bond acceptors (Lipinski definition) is 3. The topological polar surface area (TPSA) is 28.2 Å². The van der Waals surface area contributed by atoms with Crippen LogP contribution in [0.2, 0.25) is 0 Å². The lowest BCUT2D eigenvalue weighted by Gasteiger charge is -2.40. The van der Waals surface area contributed by atoms with Crippen molar-refractivity contribution in [2.45, 2.75) is 44.2 Å². The van der Waals surface area contributed by atoms with Crippen molar-refractivity contribution in [3.05, 3.63) is 65.5 Å². The average Bonchev–Trinajstić information content (AvgIpc) is 2.96. The van der Waals surface area contributed by atoms with Gasteiger partial charge in [0.15, 0.2) is 0 Å². The van der Waals surface area contributed by atoms with Crippen LogP contribution in [-0.2, 0) is 12.0 Å². The first-order chi connectivity index (χ1) is 11.8. The third-order valence-electron chi connectivity index (χ3n) is 6.06. The molecule has 3 heteroatoms. The van der Waals surface area contributed by atoms with Crippen molar-refractivity contribution < 1.29 is 0 Å². The van der Waals surface area contributed by atoms with E-state index < -0.39 is 0 Å². The normalized spacial score (nSPS) is 22.6. The van der Waals surface area contributed by atoms with Gasteiger partial charge in [0.25, 0.3) is 0 Å². The molecule has 2 heterocycles. The molecule has 1 aliphatic carbocycles. The van der Waals surface area contributed by atoms with Crippen LogP contribution in [0.5, 0.6) is 0 Å². The van der Waals surface area contributed by atoms with E-state index in [9.17, 15) is 0 Å². The maximum atomic E-state index is 4.11. The van der Waals surface area contributed by atoms with E-state index in [2.05, 4.69) is 58.5 Å². The first-order valence-corrected chi connectivity index (χ1v) is 9.25. The Kier molecular flexibility index (Phi) is 4.38. The van der Waals surface area contributed by atoms with Crippen molar-refractivity contribution in [1.82, 2.24) is 15.2 Å². The van der Waals surface area contributed by atoms with E-state index in [-0.39, 0.29) is 0 Å². The van der Waals surface area contributed by atoms with E-state index in [1.54, 1.807) is 5.56 Å². The number of likely N-dealkylation sites (tertiary alicyclic amines) is 1. The van der Waals surface area contributed by atoms with Gasteiger partial charge in [-0.3, -0.25) is 4.98 Å². The highest BCUT2D eigenvalue weighted by molar-refractivity contribution is 5.42. The highest BCUT2D eigenvalue weighted by Gasteiger charge is 2.44. The Morgan fingerprint density at radius 2 is 1.88 bits per heavy atom. The Labute approximate surface area is 145 Å². The molecule has 1 aromatic heterocycles. The van der Waals surface area contributed by atoms with Crippen molar-refractivity contribution in [3.8, 4) is 0 Å². The molecule has 3 nitrogen and oxygen atoms in total. The molecule has 1 N–H and O–H groups in total. The minimum absolute atomic E-state index is 0.387. The molecular formula is C21H27N3. The number of hydrogen-bond donors (Lipinski definition) is 1. The van der Waals surface area contributed by atoms with Gasteiger partial charge in [-0.25, -0.2) is 0 Å². The van der Waals surface area contributed by atoms with Crippen molar-refractivity contribution in [1.29, 1.82) is 0 Å². The predicted octanol–water partition coefficient (Wildman–Crippen LogP) is 3.67. The molecule has 1 atom stereocenters. The predicted molar refractivity (Wildman–Crippen MR) is 97.9 cm³/mol. The SMILES string of the molecule is CCN1CCC2(CC1)CC(NCc1ccncc1)c1ccccc12. The minimum Gasteiger partial charge on any atom is -0.306 e. The third-order valence-corrected chi connectivity index (χ3v) is 6.06. The summed E-state index contributed by atoms with van der Waals surface area (Å²) in [5.74, 6) is 0. The highest BCUT2D eigenvalue weighted by Crippen LogP contribution is 2.50. The summed E-state index contributed by atoms with van der Waals surface area (Å²) in [7, 11) is 0. The van der Waals surface area contributed by atoms with Gasteiger partial charge < -0.3 is 10.2 Å². The zero-order valence-electron chi connectivity index (χ0n) is 14.5. The number of fused-ring (bicyclic) bond motifs is 2. The second kappa shape index (κ2) is 6.66. The molecule has 1 saturated heterocycles. The zero-order chi connectivity index (χ0) is 16.4. The fraction of sp³-hybridized carbons (Fsp3) is 0.476. The molecule has 0 amide bonds. The van der Waals surface area contributed by atoms with Crippen LogP contribution in [0, 0.1) is 0 Å². The largest absolute Gasteiger partial charge is 0.306 e. The highest BCUT2D eigenvalue weighted by atomic mass is 15.1. The molecule has 4 rings (SSSR count). The number of aromatic nitrogens is 1. The van der Waals surface area contributed by atoms with Crippen LogP contribution in [0.25, 0.3) is 0 Å². The fourth-order valence-electron chi connectivity index (χ4n) is 4.59. The van der Waals surface area contributed by atoms with Crippen molar-refractivity contribution >= 4 is 0 Å². The maximum absolute atomic E-state index is 4.11. The van der Waals surface area contributed by atoms with Crippen LogP contribution in [0.3, 0.4) is 0 Å². The van der Waals surface area contributed by atoms with E-state index in [1.807, 2.05) is 12.4 Å². The Bertz CT molecular complexity index is 674. The lowest BCUT2D eigenvalue weighted by atomic mass is 9.73. The first kappa shape index (κ1) is 15.8. The van der Waals surface area contributed by atoms with E-state index in [4.69, 9.17) is 0 Å². The van der Waals surface area contributed by atoms with E-state index in [1.165, 1.54) is 50.0 Å². The number of nitrogens with zero attached hydrogens (tertiary/aromatic N) is 2. The molecule has 0 bridgehead atoms. The summed E-state index contributed by atoms with van der Waals surface area (Å²) in [5, 5.41) is 3.81. The standard InChI is InChI=1S/C21H27N3/c1-2-24-13-9-21(10-14-24)15-20(18-5-3-4-6-19(18)21)23-16-17-7-11-22-12-8-17/h3-8,11-12,20,23H,2,9-10,13-16H2,1H3. The minimum atomic E-state index is 0.387. The van der Waals surface area contributed by atoms with Gasteiger partial charge in [-0.2, -0.15) is 0 Å². The average molecular weight is 321 g/mol. The Morgan fingerprint density at radius 3 is 2.62 bits per heavy atom. The molecule has 2 aromatic rings. The monoisotopic (exact) mass is 321 g/mol. The van der Waals surface area contributed by atoms with Crippen molar-refractivity contribution in [3.63, 3.8) is 0 Å². The van der Waals surface area contributed by atoms with Gasteiger partial charge in [-0.1, -0.05) is 31.2 Å². The van der Waals surface area contributed by atoms with Gasteiger partial charge in [0.05, 0.1) is 0 Å². The maximum Gasteiger partial charge on any atom is 0.0334 e. The summed E-state index contributed by atoms with van der Waals surface area (Å²) < 4.78 is 0. The Balaban J connectivity index is 1.53. The molecular weight excluding hydrogens is 294 g/mol. The molecule has 1 fully saturated rings. The van der Waals surface area contributed by atoms with Crippen LogP contribution in [-0.4, -0.2) is 29.5 Å². The van der Waals surface area contributed by atoms with Crippen LogP contribution >= 0.6 is 0 Å². The molecule has 2 aliphatic rings. The summed E-state index contributed by atoms with van der Waals surface area (Å²) in [4.78, 5) is 6.70. The molecule has 1 aromatic carbocycles. The number of rotatable bonds is 4. The number of pyridine rings is 1. The summed E-state index contributed by atoms with van der Waals surface area (Å²) in [6, 6.07) is 13.8. The van der Waals surface area contributed by atoms with Crippen LogP contribution in [0.4, 0.5) is 0 Å². The van der Waals surface area contributed by atoms with E-state index in [0.717, 1.165) is 6.54 Å².